The van der Waals surface area contributed by atoms with E-state index >= 15 is 0 Å². The second-order valence-electron chi connectivity index (χ2n) is 3.30. The summed E-state index contributed by atoms with van der Waals surface area (Å²) in [6.07, 6.45) is -4.38. The number of anilines is 1. The summed E-state index contributed by atoms with van der Waals surface area (Å²) in [5.74, 6) is 1.62. The Bertz CT molecular complexity index is 419. The van der Waals surface area contributed by atoms with Gasteiger partial charge in [-0.3, -0.25) is 0 Å². The molecule has 0 radical (unpaired) electrons. The first kappa shape index (κ1) is 16.0. The quantitative estimate of drug-likeness (QED) is 0.411. The second kappa shape index (κ2) is 7.50. The lowest BCUT2D eigenvalue weighted by Crippen LogP contribution is -2.25. The smallest absolute Gasteiger partial charge is 0.370 e. The Labute approximate surface area is 116 Å². The van der Waals surface area contributed by atoms with Crippen LogP contribution in [0.2, 0.25) is 0 Å². The first-order valence-corrected chi connectivity index (χ1v) is 7.07. The number of hydrogen-bond donors (Lipinski definition) is 3. The molecule has 1 aromatic rings. The number of hydrogen-bond acceptors (Lipinski definition) is 6. The number of aliphatic imine (C=N–C) groups is 1. The fourth-order valence-corrected chi connectivity index (χ4v) is 2.23. The number of guanidine groups is 1. The highest BCUT2D eigenvalue weighted by Crippen LogP contribution is 2.16. The summed E-state index contributed by atoms with van der Waals surface area (Å²) < 4.78 is 39.7. The van der Waals surface area contributed by atoms with Crippen LogP contribution in [-0.4, -0.2) is 40.3 Å². The molecule has 6 nitrogen and oxygen atoms in total. The monoisotopic (exact) mass is 314 g/mol. The number of rotatable bonds is 6. The van der Waals surface area contributed by atoms with Crippen LogP contribution in [-0.2, 0) is 5.75 Å². The van der Waals surface area contributed by atoms with E-state index in [1.165, 1.54) is 0 Å². The summed E-state index contributed by atoms with van der Waals surface area (Å²) in [6, 6.07) is 0. The lowest BCUT2D eigenvalue weighted by Gasteiger charge is -2.03. The van der Waals surface area contributed by atoms with Crippen molar-refractivity contribution in [2.75, 3.05) is 24.2 Å². The molecule has 108 valence electrons. The second-order valence-corrected chi connectivity index (χ2v) is 5.16. The van der Waals surface area contributed by atoms with Crippen LogP contribution in [0.5, 0.6) is 0 Å². The Hall–Kier alpha value is -1.07. The van der Waals surface area contributed by atoms with Crippen LogP contribution in [0, 0.1) is 0 Å². The minimum Gasteiger partial charge on any atom is -0.370 e. The molecule has 19 heavy (non-hydrogen) atoms. The van der Waals surface area contributed by atoms with Gasteiger partial charge in [0.2, 0.25) is 5.13 Å². The van der Waals surface area contributed by atoms with Crippen molar-refractivity contribution < 1.29 is 13.2 Å². The van der Waals surface area contributed by atoms with Gasteiger partial charge in [-0.05, 0) is 0 Å². The highest BCUT2D eigenvalue weighted by atomic mass is 32.2. The lowest BCUT2D eigenvalue weighted by atomic mass is 10.6. The van der Waals surface area contributed by atoms with E-state index in [9.17, 15) is 13.2 Å². The number of alkyl halides is 3. The van der Waals surface area contributed by atoms with Gasteiger partial charge in [-0.25, -0.2) is 9.98 Å². The van der Waals surface area contributed by atoms with Crippen LogP contribution >= 0.6 is 23.3 Å². The van der Waals surface area contributed by atoms with Gasteiger partial charge in [0.15, 0.2) is 11.8 Å². The maximum atomic E-state index is 11.9. The molecule has 0 fully saturated rings. The molecule has 0 saturated heterocycles. The highest BCUT2D eigenvalue weighted by Gasteiger charge is 2.26. The molecule has 11 heteroatoms. The predicted molar refractivity (Wildman–Crippen MR) is 71.3 cm³/mol. The number of nitrogens with one attached hydrogen (secondary N) is 1. The molecule has 1 aromatic heterocycles. The average Bonchev–Trinajstić information content (AvgIpc) is 2.74. The molecule has 0 aliphatic heterocycles. The number of nitrogens with zero attached hydrogens (tertiary/aromatic N) is 3. The van der Waals surface area contributed by atoms with Gasteiger partial charge in [0.1, 0.15) is 6.54 Å². The van der Waals surface area contributed by atoms with Crippen molar-refractivity contribution in [2.45, 2.75) is 11.9 Å². The summed E-state index contributed by atoms with van der Waals surface area (Å²) in [5, 5.41) is 2.78. The molecule has 0 saturated carbocycles. The molecule has 0 aromatic carbocycles. The van der Waals surface area contributed by atoms with E-state index in [-0.39, 0.29) is 5.96 Å². The van der Waals surface area contributed by atoms with E-state index in [0.29, 0.717) is 23.3 Å². The molecule has 0 atom stereocenters. The number of nitrogens with two attached hydrogens (primary N) is 2. The summed E-state index contributed by atoms with van der Waals surface area (Å²) in [5.41, 5.74) is 10.6. The van der Waals surface area contributed by atoms with E-state index in [0.717, 1.165) is 17.3 Å². The van der Waals surface area contributed by atoms with E-state index < -0.39 is 12.7 Å². The van der Waals surface area contributed by atoms with Crippen LogP contribution in [0.3, 0.4) is 0 Å². The van der Waals surface area contributed by atoms with Gasteiger partial charge in [0, 0.05) is 23.8 Å². The van der Waals surface area contributed by atoms with Crippen molar-refractivity contribution in [1.29, 1.82) is 0 Å². The molecule has 0 spiro atoms. The first-order valence-electron chi connectivity index (χ1n) is 5.15. The van der Waals surface area contributed by atoms with Gasteiger partial charge >= 0.3 is 6.18 Å². The van der Waals surface area contributed by atoms with E-state index in [2.05, 4.69) is 19.7 Å². The summed E-state index contributed by atoms with van der Waals surface area (Å²) >= 11 is 2.58. The molecular formula is C8H13F3N6S2. The van der Waals surface area contributed by atoms with Gasteiger partial charge in [0.05, 0.1) is 5.75 Å². The normalized spacial score (nSPS) is 12.7. The minimum atomic E-state index is -4.38. The van der Waals surface area contributed by atoms with Gasteiger partial charge in [-0.1, -0.05) is 0 Å². The third-order valence-corrected chi connectivity index (χ3v) is 3.28. The molecule has 0 aliphatic carbocycles. The standard InChI is InChI=1S/C8H13F3N6S2/c9-8(10,11)4-14-6(13)16-7-15-5(17-19-7)3-18-2-1-12/h1-4,12H2,(H3,13,14,15,16,17). The molecule has 0 unspecified atom stereocenters. The van der Waals surface area contributed by atoms with Crippen LogP contribution in [0.15, 0.2) is 4.99 Å². The van der Waals surface area contributed by atoms with Gasteiger partial charge < -0.3 is 16.8 Å². The molecule has 0 aliphatic rings. The first-order chi connectivity index (χ1) is 8.90. The SMILES string of the molecule is NCCSCc1nsc(NC(N)=NCC(F)(F)F)n1. The number of thioether (sulfide) groups is 1. The van der Waals surface area contributed by atoms with E-state index in [1.807, 2.05) is 0 Å². The Balaban J connectivity index is 2.44. The molecule has 5 N–H and O–H groups in total. The van der Waals surface area contributed by atoms with Gasteiger partial charge in [0.25, 0.3) is 0 Å². The van der Waals surface area contributed by atoms with Crippen LogP contribution < -0.4 is 16.8 Å². The van der Waals surface area contributed by atoms with Crippen molar-refractivity contribution in [2.24, 2.45) is 16.5 Å². The molecule has 1 heterocycles. The summed E-state index contributed by atoms with van der Waals surface area (Å²) in [4.78, 5) is 7.21. The number of aromatic nitrogens is 2. The van der Waals surface area contributed by atoms with Gasteiger partial charge in [-0.2, -0.15) is 29.3 Å². The Morgan fingerprint density at radius 2 is 2.21 bits per heavy atom. The fourth-order valence-electron chi connectivity index (χ4n) is 0.934. The van der Waals surface area contributed by atoms with Crippen molar-refractivity contribution in [3.8, 4) is 0 Å². The fraction of sp³-hybridized carbons (Fsp3) is 0.625. The topological polar surface area (TPSA) is 102 Å². The molecule has 1 rings (SSSR count). The third-order valence-electron chi connectivity index (χ3n) is 1.63. The van der Waals surface area contributed by atoms with Crippen molar-refractivity contribution in [3.63, 3.8) is 0 Å². The minimum absolute atomic E-state index is 0.312. The molecule has 0 bridgehead atoms. The van der Waals surface area contributed by atoms with Gasteiger partial charge in [-0.15, -0.1) is 0 Å². The Morgan fingerprint density at radius 1 is 1.47 bits per heavy atom. The molecule has 0 amide bonds. The number of halogens is 3. The molecular weight excluding hydrogens is 301 g/mol. The van der Waals surface area contributed by atoms with Crippen molar-refractivity contribution in [1.82, 2.24) is 9.36 Å². The Morgan fingerprint density at radius 3 is 2.84 bits per heavy atom. The summed E-state index contributed by atoms with van der Waals surface area (Å²) in [6.45, 7) is -0.763. The van der Waals surface area contributed by atoms with Crippen LogP contribution in [0.1, 0.15) is 5.82 Å². The zero-order valence-electron chi connectivity index (χ0n) is 9.78. The zero-order valence-corrected chi connectivity index (χ0v) is 11.4. The van der Waals surface area contributed by atoms with Crippen molar-refractivity contribution in [3.05, 3.63) is 5.82 Å². The zero-order chi connectivity index (χ0) is 14.3. The van der Waals surface area contributed by atoms with Crippen LogP contribution in [0.25, 0.3) is 0 Å². The highest BCUT2D eigenvalue weighted by molar-refractivity contribution is 7.98. The largest absolute Gasteiger partial charge is 0.408 e. The van der Waals surface area contributed by atoms with E-state index in [4.69, 9.17) is 11.5 Å². The van der Waals surface area contributed by atoms with Crippen LogP contribution in [0.4, 0.5) is 18.3 Å². The maximum Gasteiger partial charge on any atom is 0.408 e. The maximum absolute atomic E-state index is 11.9. The lowest BCUT2D eigenvalue weighted by molar-refractivity contribution is -0.118. The summed E-state index contributed by atoms with van der Waals surface area (Å²) in [7, 11) is 0. The third kappa shape index (κ3) is 7.18. The van der Waals surface area contributed by atoms with Crippen molar-refractivity contribution >= 4 is 34.4 Å². The van der Waals surface area contributed by atoms with E-state index in [1.54, 1.807) is 11.8 Å². The Kier molecular flexibility index (Phi) is 6.31. The average molecular weight is 314 g/mol. The predicted octanol–water partition coefficient (Wildman–Crippen LogP) is 1.02.